The van der Waals surface area contributed by atoms with Gasteiger partial charge in [-0.15, -0.1) is 10.2 Å². The van der Waals surface area contributed by atoms with Crippen molar-refractivity contribution >= 4 is 40.7 Å². The van der Waals surface area contributed by atoms with Crippen molar-refractivity contribution < 1.29 is 9.53 Å². The van der Waals surface area contributed by atoms with Crippen molar-refractivity contribution in [2.24, 2.45) is 5.73 Å². The van der Waals surface area contributed by atoms with Gasteiger partial charge in [-0.3, -0.25) is 14.5 Å². The highest BCUT2D eigenvalue weighted by Crippen LogP contribution is 2.33. The van der Waals surface area contributed by atoms with Gasteiger partial charge in [0, 0.05) is 41.0 Å². The van der Waals surface area contributed by atoms with Crippen LogP contribution in [0.1, 0.15) is 5.56 Å². The number of nitrogens with zero attached hydrogens (tertiary/aromatic N) is 3. The second-order valence-electron chi connectivity index (χ2n) is 5.27. The number of hydrogen-bond acceptors (Lipinski definition) is 5. The summed E-state index contributed by atoms with van der Waals surface area (Å²) in [6.07, 6.45) is 1.79. The molecule has 0 atom stereocenters. The van der Waals surface area contributed by atoms with Gasteiger partial charge in [-0.05, 0) is 23.8 Å². The Morgan fingerprint density at radius 3 is 2.76 bits per heavy atom. The van der Waals surface area contributed by atoms with Crippen molar-refractivity contribution in [1.29, 1.82) is 0 Å². The van der Waals surface area contributed by atoms with Crippen molar-refractivity contribution in [3.8, 4) is 11.1 Å². The third kappa shape index (κ3) is 3.59. The zero-order valence-corrected chi connectivity index (χ0v) is 14.8. The summed E-state index contributed by atoms with van der Waals surface area (Å²) in [5.74, 6) is -0.0438. The Balaban J connectivity index is 2.12. The van der Waals surface area contributed by atoms with Crippen LogP contribution in [0.15, 0.2) is 30.5 Å². The SMILES string of the molecule is COCC(=O)Nc1nnc2cc(CN)c(-c3ccc(Cl)cc3Cl)cn12. The fraction of sp³-hybridized carbons (Fsp3) is 0.188. The monoisotopic (exact) mass is 379 g/mol. The van der Waals surface area contributed by atoms with Crippen LogP contribution in [0.5, 0.6) is 0 Å². The van der Waals surface area contributed by atoms with Gasteiger partial charge in [0.05, 0.1) is 0 Å². The number of benzene rings is 1. The van der Waals surface area contributed by atoms with E-state index in [-0.39, 0.29) is 18.5 Å². The third-order valence-electron chi connectivity index (χ3n) is 3.60. The summed E-state index contributed by atoms with van der Waals surface area (Å²) in [6, 6.07) is 7.04. The Morgan fingerprint density at radius 1 is 1.28 bits per heavy atom. The minimum Gasteiger partial charge on any atom is -0.375 e. The minimum atomic E-state index is -0.328. The molecule has 1 aromatic carbocycles. The van der Waals surface area contributed by atoms with E-state index in [1.165, 1.54) is 7.11 Å². The average Bonchev–Trinajstić information content (AvgIpc) is 2.96. The Bertz CT molecular complexity index is 942. The van der Waals surface area contributed by atoms with E-state index in [9.17, 15) is 4.79 Å². The highest BCUT2D eigenvalue weighted by molar-refractivity contribution is 6.36. The summed E-state index contributed by atoms with van der Waals surface area (Å²) in [5.41, 5.74) is 8.86. The average molecular weight is 380 g/mol. The Kier molecular flexibility index (Phi) is 5.19. The molecule has 7 nitrogen and oxygen atoms in total. The number of halogens is 2. The van der Waals surface area contributed by atoms with E-state index < -0.39 is 0 Å². The van der Waals surface area contributed by atoms with Crippen LogP contribution >= 0.6 is 23.2 Å². The molecule has 2 heterocycles. The van der Waals surface area contributed by atoms with E-state index in [0.29, 0.717) is 22.2 Å². The number of rotatable bonds is 5. The van der Waals surface area contributed by atoms with Gasteiger partial charge in [0.25, 0.3) is 5.91 Å². The largest absolute Gasteiger partial charge is 0.375 e. The van der Waals surface area contributed by atoms with Crippen LogP contribution in [0.3, 0.4) is 0 Å². The molecule has 3 rings (SSSR count). The maximum Gasteiger partial charge on any atom is 0.252 e. The van der Waals surface area contributed by atoms with Crippen LogP contribution in [-0.2, 0) is 16.1 Å². The molecule has 0 saturated carbocycles. The number of amides is 1. The van der Waals surface area contributed by atoms with Gasteiger partial charge in [0.15, 0.2) is 5.65 Å². The number of carbonyl (C=O) groups is 1. The lowest BCUT2D eigenvalue weighted by Gasteiger charge is -2.12. The summed E-state index contributed by atoms with van der Waals surface area (Å²) >= 11 is 12.3. The Hall–Kier alpha value is -2.19. The number of pyridine rings is 1. The number of nitrogens with one attached hydrogen (secondary N) is 1. The summed E-state index contributed by atoms with van der Waals surface area (Å²) in [7, 11) is 1.44. The van der Waals surface area contributed by atoms with E-state index in [1.54, 1.807) is 28.8 Å². The van der Waals surface area contributed by atoms with Gasteiger partial charge < -0.3 is 10.5 Å². The van der Waals surface area contributed by atoms with E-state index in [1.807, 2.05) is 6.07 Å². The summed E-state index contributed by atoms with van der Waals surface area (Å²) in [6.45, 7) is 0.217. The molecule has 9 heteroatoms. The van der Waals surface area contributed by atoms with E-state index in [4.69, 9.17) is 33.7 Å². The molecular formula is C16H15Cl2N5O2. The predicted molar refractivity (Wildman–Crippen MR) is 96.8 cm³/mol. The highest BCUT2D eigenvalue weighted by atomic mass is 35.5. The van der Waals surface area contributed by atoms with Crippen molar-refractivity contribution in [2.45, 2.75) is 6.54 Å². The standard InChI is InChI=1S/C16H15Cl2N5O2/c1-25-8-15(24)20-16-22-21-14-4-9(6-19)12(7-23(14)16)11-3-2-10(17)5-13(11)18/h2-5,7H,6,8,19H2,1H3,(H,20,22,24). The lowest BCUT2D eigenvalue weighted by Crippen LogP contribution is -2.18. The van der Waals surface area contributed by atoms with Gasteiger partial charge >= 0.3 is 0 Å². The second kappa shape index (κ2) is 7.37. The first-order chi connectivity index (χ1) is 12.0. The zero-order valence-electron chi connectivity index (χ0n) is 13.3. The number of methoxy groups -OCH3 is 1. The molecule has 130 valence electrons. The molecular weight excluding hydrogens is 365 g/mol. The molecule has 1 amide bonds. The molecule has 25 heavy (non-hydrogen) atoms. The smallest absolute Gasteiger partial charge is 0.252 e. The quantitative estimate of drug-likeness (QED) is 0.710. The van der Waals surface area contributed by atoms with Crippen molar-refractivity contribution in [1.82, 2.24) is 14.6 Å². The van der Waals surface area contributed by atoms with Gasteiger partial charge in [-0.2, -0.15) is 0 Å². The fourth-order valence-corrected chi connectivity index (χ4v) is 2.98. The molecule has 3 N–H and O–H groups in total. The van der Waals surface area contributed by atoms with E-state index >= 15 is 0 Å². The summed E-state index contributed by atoms with van der Waals surface area (Å²) in [4.78, 5) is 11.8. The molecule has 0 radical (unpaired) electrons. The number of anilines is 1. The topological polar surface area (TPSA) is 94.5 Å². The van der Waals surface area contributed by atoms with Crippen LogP contribution in [0, 0.1) is 0 Å². The number of aromatic nitrogens is 3. The molecule has 0 aliphatic carbocycles. The fourth-order valence-electron chi connectivity index (χ4n) is 2.47. The van der Waals surface area contributed by atoms with Gasteiger partial charge in [-0.25, -0.2) is 0 Å². The number of ether oxygens (including phenoxy) is 1. The molecule has 3 aromatic rings. The molecule has 0 spiro atoms. The normalized spacial score (nSPS) is 11.0. The van der Waals surface area contributed by atoms with Crippen molar-refractivity contribution in [3.05, 3.63) is 46.1 Å². The first-order valence-corrected chi connectivity index (χ1v) is 8.11. The van der Waals surface area contributed by atoms with Gasteiger partial charge in [0.1, 0.15) is 6.61 Å². The summed E-state index contributed by atoms with van der Waals surface area (Å²) < 4.78 is 6.46. The highest BCUT2D eigenvalue weighted by Gasteiger charge is 2.15. The van der Waals surface area contributed by atoms with Crippen LogP contribution in [-0.4, -0.2) is 34.2 Å². The summed E-state index contributed by atoms with van der Waals surface area (Å²) in [5, 5.41) is 11.7. The number of carbonyl (C=O) groups excluding carboxylic acids is 1. The number of nitrogens with two attached hydrogens (primary N) is 1. The zero-order chi connectivity index (χ0) is 18.0. The Labute approximate surface area is 153 Å². The van der Waals surface area contributed by atoms with Crippen LogP contribution in [0.4, 0.5) is 5.95 Å². The molecule has 0 aliphatic rings. The molecule has 2 aromatic heterocycles. The molecule has 0 aliphatic heterocycles. The number of hydrogen-bond donors (Lipinski definition) is 2. The molecule has 0 saturated heterocycles. The van der Waals surface area contributed by atoms with E-state index in [0.717, 1.165) is 16.7 Å². The first-order valence-electron chi connectivity index (χ1n) is 7.35. The van der Waals surface area contributed by atoms with Crippen LogP contribution in [0.2, 0.25) is 10.0 Å². The lowest BCUT2D eigenvalue weighted by molar-refractivity contribution is -0.119. The second-order valence-corrected chi connectivity index (χ2v) is 6.12. The molecule has 0 unspecified atom stereocenters. The van der Waals surface area contributed by atoms with Crippen LogP contribution < -0.4 is 11.1 Å². The molecule has 0 bridgehead atoms. The minimum absolute atomic E-state index is 0.0777. The van der Waals surface area contributed by atoms with Crippen LogP contribution in [0.25, 0.3) is 16.8 Å². The van der Waals surface area contributed by atoms with Crippen molar-refractivity contribution in [2.75, 3.05) is 19.0 Å². The van der Waals surface area contributed by atoms with E-state index in [2.05, 4.69) is 15.5 Å². The third-order valence-corrected chi connectivity index (χ3v) is 4.15. The Morgan fingerprint density at radius 2 is 2.08 bits per heavy atom. The first kappa shape index (κ1) is 17.6. The maximum atomic E-state index is 11.8. The maximum absolute atomic E-state index is 11.8. The predicted octanol–water partition coefficient (Wildman–Crippen LogP) is 2.75. The number of fused-ring (bicyclic) bond motifs is 1. The van der Waals surface area contributed by atoms with Gasteiger partial charge in [0.2, 0.25) is 5.95 Å². The van der Waals surface area contributed by atoms with Gasteiger partial charge in [-0.1, -0.05) is 29.3 Å². The van der Waals surface area contributed by atoms with Crippen molar-refractivity contribution in [3.63, 3.8) is 0 Å². The lowest BCUT2D eigenvalue weighted by atomic mass is 10.0. The molecule has 0 fully saturated rings.